The van der Waals surface area contributed by atoms with Crippen LogP contribution in [0.25, 0.3) is 22.4 Å². The van der Waals surface area contributed by atoms with Crippen molar-refractivity contribution in [1.29, 1.82) is 0 Å². The van der Waals surface area contributed by atoms with Gasteiger partial charge in [-0.15, -0.1) is 11.3 Å². The van der Waals surface area contributed by atoms with Gasteiger partial charge in [-0.3, -0.25) is 19.4 Å². The van der Waals surface area contributed by atoms with E-state index in [4.69, 9.17) is 0 Å². The Morgan fingerprint density at radius 1 is 0.978 bits per heavy atom. The predicted octanol–water partition coefficient (Wildman–Crippen LogP) is 7.89. The van der Waals surface area contributed by atoms with Gasteiger partial charge in [0.2, 0.25) is 11.8 Å². The van der Waals surface area contributed by atoms with Crippen LogP contribution in [-0.2, 0) is 16.6 Å². The van der Waals surface area contributed by atoms with Gasteiger partial charge >= 0.3 is 0 Å². The molecule has 3 amide bonds. The van der Waals surface area contributed by atoms with E-state index in [-0.39, 0.29) is 24.3 Å². The van der Waals surface area contributed by atoms with E-state index >= 15 is 0 Å². The fraction of sp³-hybridized carbons (Fsp3) is 0.417. The molecule has 0 fully saturated rings. The number of hydrogen-bond donors (Lipinski definition) is 3. The number of rotatable bonds is 10. The zero-order valence-electron chi connectivity index (χ0n) is 28.9. The van der Waals surface area contributed by atoms with Crippen molar-refractivity contribution < 1.29 is 14.4 Å². The average Bonchev–Trinajstić information content (AvgIpc) is 3.73. The van der Waals surface area contributed by atoms with Gasteiger partial charge in [0.05, 0.1) is 17.8 Å². The predicted molar refractivity (Wildman–Crippen MR) is 192 cm³/mol. The number of unbranched alkanes of at least 4 members (excludes halogenated alkanes) is 1. The Morgan fingerprint density at radius 3 is 2.24 bits per heavy atom. The summed E-state index contributed by atoms with van der Waals surface area (Å²) in [5, 5.41) is 10.3. The summed E-state index contributed by atoms with van der Waals surface area (Å²) in [5.74, 6) is 0.409. The molecule has 0 saturated heterocycles. The number of pyridine rings is 1. The smallest absolute Gasteiger partial charge is 0.253 e. The van der Waals surface area contributed by atoms with E-state index in [1.165, 1.54) is 17.8 Å². The Hall–Kier alpha value is -4.31. The lowest BCUT2D eigenvalue weighted by Gasteiger charge is -2.05. The molecule has 0 aliphatic rings. The fourth-order valence-corrected chi connectivity index (χ4v) is 4.31. The second-order valence-corrected chi connectivity index (χ2v) is 11.5. The summed E-state index contributed by atoms with van der Waals surface area (Å²) in [6, 6.07) is 13.8. The Kier molecular flexibility index (Phi) is 19.2. The van der Waals surface area contributed by atoms with Gasteiger partial charge in [-0.25, -0.2) is 4.98 Å². The Morgan fingerprint density at radius 2 is 1.65 bits per heavy atom. The van der Waals surface area contributed by atoms with Gasteiger partial charge in [-0.2, -0.15) is 0 Å². The van der Waals surface area contributed by atoms with Crippen molar-refractivity contribution in [2.24, 2.45) is 13.0 Å². The van der Waals surface area contributed by atoms with Crippen LogP contribution >= 0.6 is 11.3 Å². The molecular weight excluding hydrogens is 597 g/mol. The standard InChI is InChI=1S/C23H21N5O2S.C6H13NO.C5H12.C2H6/c1-15-10-17(6-8-24-15)16-4-3-5-18(11-16)20-14-31-23(26-20)27-21(29)12-25-22(30)19-7-9-28(2)13-19;1-3-4-5-6(8)7-2;1-4-5(2)3;1-2/h3-11,13-14H,12H2,1-2H3,(H,25,30)(H,26,27,29);3-5H2,1-2H3,(H,7,8);5H,4H2,1-3H3;1-2H3. The highest BCUT2D eigenvalue weighted by Gasteiger charge is 2.12. The number of hydrogen-bond acceptors (Lipinski definition) is 6. The zero-order valence-corrected chi connectivity index (χ0v) is 29.8. The fourth-order valence-electron chi connectivity index (χ4n) is 3.57. The van der Waals surface area contributed by atoms with Crippen LogP contribution in [-0.4, -0.2) is 45.8 Å². The van der Waals surface area contributed by atoms with Crippen molar-refractivity contribution in [1.82, 2.24) is 25.2 Å². The van der Waals surface area contributed by atoms with Crippen LogP contribution in [0.2, 0.25) is 0 Å². The second kappa shape index (κ2) is 22.2. The van der Waals surface area contributed by atoms with Gasteiger partial charge < -0.3 is 20.5 Å². The number of carbonyl (C=O) groups is 3. The number of aromatic nitrogens is 3. The quantitative estimate of drug-likeness (QED) is 0.162. The van der Waals surface area contributed by atoms with Gasteiger partial charge in [-0.05, 0) is 54.7 Å². The van der Waals surface area contributed by atoms with Gasteiger partial charge in [0.1, 0.15) is 0 Å². The van der Waals surface area contributed by atoms with Crippen molar-refractivity contribution in [2.45, 2.75) is 74.1 Å². The van der Waals surface area contributed by atoms with Crippen molar-refractivity contribution in [3.8, 4) is 22.4 Å². The third kappa shape index (κ3) is 15.1. The number of benzene rings is 1. The molecular formula is C36H52N6O3S. The summed E-state index contributed by atoms with van der Waals surface area (Å²) in [7, 11) is 3.50. The van der Waals surface area contributed by atoms with E-state index in [9.17, 15) is 14.4 Å². The number of amides is 3. The van der Waals surface area contributed by atoms with Crippen LogP contribution in [0.3, 0.4) is 0 Å². The molecule has 46 heavy (non-hydrogen) atoms. The number of carbonyl (C=O) groups excluding carboxylic acids is 3. The first-order valence-corrected chi connectivity index (χ1v) is 16.8. The van der Waals surface area contributed by atoms with Crippen LogP contribution in [0.5, 0.6) is 0 Å². The molecule has 250 valence electrons. The highest BCUT2D eigenvalue weighted by Crippen LogP contribution is 2.29. The minimum Gasteiger partial charge on any atom is -0.359 e. The Labute approximate surface area is 279 Å². The first-order chi connectivity index (χ1) is 22.1. The largest absolute Gasteiger partial charge is 0.359 e. The average molecular weight is 649 g/mol. The van der Waals surface area contributed by atoms with Crippen molar-refractivity contribution in [3.05, 3.63) is 77.7 Å². The minimum atomic E-state index is -0.328. The Bertz CT molecular complexity index is 1480. The number of nitrogens with one attached hydrogen (secondary N) is 3. The summed E-state index contributed by atoms with van der Waals surface area (Å²) >= 11 is 1.34. The van der Waals surface area contributed by atoms with E-state index in [2.05, 4.69) is 59.7 Å². The molecule has 4 rings (SSSR count). The van der Waals surface area contributed by atoms with E-state index in [0.717, 1.165) is 46.8 Å². The SMILES string of the molecule is CC.CCC(C)C.CCCCC(=O)NC.Cc1cc(-c2cccc(-c3csc(NC(=O)CNC(=O)c4ccn(C)c4)n3)c2)ccn1. The van der Waals surface area contributed by atoms with Crippen LogP contribution in [0.15, 0.2) is 66.4 Å². The van der Waals surface area contributed by atoms with E-state index < -0.39 is 0 Å². The lowest BCUT2D eigenvalue weighted by Crippen LogP contribution is -2.32. The van der Waals surface area contributed by atoms with E-state index in [0.29, 0.717) is 17.1 Å². The highest BCUT2D eigenvalue weighted by molar-refractivity contribution is 7.14. The van der Waals surface area contributed by atoms with Crippen LogP contribution in [0.4, 0.5) is 5.13 Å². The second-order valence-electron chi connectivity index (χ2n) is 10.7. The summed E-state index contributed by atoms with van der Waals surface area (Å²) in [6.07, 6.45) is 9.34. The monoisotopic (exact) mass is 648 g/mol. The molecule has 3 heterocycles. The molecule has 3 aromatic heterocycles. The van der Waals surface area contributed by atoms with Gasteiger partial charge in [0.15, 0.2) is 5.13 Å². The van der Waals surface area contributed by atoms with E-state index in [1.807, 2.05) is 63.5 Å². The van der Waals surface area contributed by atoms with Gasteiger partial charge in [0.25, 0.3) is 5.91 Å². The maximum absolute atomic E-state index is 12.2. The lowest BCUT2D eigenvalue weighted by atomic mass is 10.0. The van der Waals surface area contributed by atoms with Crippen molar-refractivity contribution in [3.63, 3.8) is 0 Å². The van der Waals surface area contributed by atoms with Crippen molar-refractivity contribution >= 4 is 34.2 Å². The topological polar surface area (TPSA) is 118 Å². The molecule has 1 aromatic carbocycles. The van der Waals surface area contributed by atoms with E-state index in [1.54, 1.807) is 36.3 Å². The van der Waals surface area contributed by atoms with Gasteiger partial charge in [-0.1, -0.05) is 72.6 Å². The van der Waals surface area contributed by atoms with Crippen LogP contribution < -0.4 is 16.0 Å². The molecule has 4 aromatic rings. The number of anilines is 1. The molecule has 0 atom stereocenters. The Balaban J connectivity index is 0.000000591. The van der Waals surface area contributed by atoms with Gasteiger partial charge in [0, 0.05) is 55.7 Å². The summed E-state index contributed by atoms with van der Waals surface area (Å²) < 4.78 is 1.77. The summed E-state index contributed by atoms with van der Waals surface area (Å²) in [6.45, 7) is 14.6. The molecule has 0 radical (unpaired) electrons. The molecule has 3 N–H and O–H groups in total. The zero-order chi connectivity index (χ0) is 34.5. The molecule has 0 spiro atoms. The number of nitrogens with zero attached hydrogens (tertiary/aromatic N) is 3. The first-order valence-electron chi connectivity index (χ1n) is 16.0. The highest BCUT2D eigenvalue weighted by atomic mass is 32.1. The molecule has 0 unspecified atom stereocenters. The number of aryl methyl sites for hydroxylation is 2. The molecule has 0 saturated carbocycles. The normalized spacial score (nSPS) is 9.87. The maximum Gasteiger partial charge on any atom is 0.253 e. The van der Waals surface area contributed by atoms with Crippen molar-refractivity contribution in [2.75, 3.05) is 18.9 Å². The third-order valence-electron chi connectivity index (χ3n) is 6.50. The summed E-state index contributed by atoms with van der Waals surface area (Å²) in [4.78, 5) is 43.5. The third-order valence-corrected chi connectivity index (χ3v) is 7.25. The molecule has 9 nitrogen and oxygen atoms in total. The molecule has 0 bridgehead atoms. The lowest BCUT2D eigenvalue weighted by molar-refractivity contribution is -0.120. The summed E-state index contributed by atoms with van der Waals surface area (Å²) in [5.41, 5.74) is 5.37. The minimum absolute atomic E-state index is 0.125. The maximum atomic E-state index is 12.2. The molecule has 0 aliphatic carbocycles. The van der Waals surface area contributed by atoms with Crippen LogP contribution in [0, 0.1) is 12.8 Å². The van der Waals surface area contributed by atoms with Crippen LogP contribution in [0.1, 0.15) is 83.3 Å². The molecule has 10 heteroatoms. The molecule has 0 aliphatic heterocycles. The first kappa shape index (κ1) is 39.7. The number of thiazole rings is 1.